The van der Waals surface area contributed by atoms with Crippen molar-refractivity contribution in [1.82, 2.24) is 4.90 Å². The first-order valence-electron chi connectivity index (χ1n) is 4.18. The molecule has 70 valence electrons. The number of allylic oxidation sites excluding steroid dienone is 1. The molecule has 4 heteroatoms. The monoisotopic (exact) mass is 189 g/mol. The summed E-state index contributed by atoms with van der Waals surface area (Å²) in [6.07, 6.45) is 4.04. The highest BCUT2D eigenvalue weighted by atomic mass is 32.2. The molecule has 0 bridgehead atoms. The Morgan fingerprint density at radius 2 is 1.92 bits per heavy atom. The zero-order chi connectivity index (χ0) is 9.03. The lowest BCUT2D eigenvalue weighted by Gasteiger charge is -2.24. The van der Waals surface area contributed by atoms with E-state index in [1.165, 1.54) is 0 Å². The fourth-order valence-electron chi connectivity index (χ4n) is 1.19. The van der Waals surface area contributed by atoms with Gasteiger partial charge < -0.3 is 0 Å². The van der Waals surface area contributed by atoms with E-state index < -0.39 is 9.84 Å². The van der Waals surface area contributed by atoms with Gasteiger partial charge in [0.05, 0.1) is 11.5 Å². The van der Waals surface area contributed by atoms with Crippen LogP contribution in [0.3, 0.4) is 0 Å². The summed E-state index contributed by atoms with van der Waals surface area (Å²) in [5, 5.41) is 0. The van der Waals surface area contributed by atoms with Crippen LogP contribution in [0.1, 0.15) is 6.92 Å². The van der Waals surface area contributed by atoms with E-state index in [-0.39, 0.29) is 0 Å². The first kappa shape index (κ1) is 9.74. The maximum absolute atomic E-state index is 11.0. The Morgan fingerprint density at radius 3 is 2.42 bits per heavy atom. The molecule has 3 nitrogen and oxygen atoms in total. The van der Waals surface area contributed by atoms with Crippen LogP contribution in [0, 0.1) is 0 Å². The molecule has 0 saturated carbocycles. The molecular weight excluding hydrogens is 174 g/mol. The van der Waals surface area contributed by atoms with Crippen LogP contribution in [-0.4, -0.2) is 44.5 Å². The molecule has 1 fully saturated rings. The third-order valence-corrected chi connectivity index (χ3v) is 3.65. The molecule has 0 aromatic rings. The second-order valence-electron chi connectivity index (χ2n) is 3.02. The third kappa shape index (κ3) is 2.95. The van der Waals surface area contributed by atoms with Crippen LogP contribution >= 0.6 is 0 Å². The van der Waals surface area contributed by atoms with Crippen molar-refractivity contribution in [2.75, 3.05) is 31.1 Å². The molecule has 1 aliphatic heterocycles. The highest BCUT2D eigenvalue weighted by molar-refractivity contribution is 7.91. The summed E-state index contributed by atoms with van der Waals surface area (Å²) in [7, 11) is -2.71. The average Bonchev–Trinajstić information content (AvgIpc) is 2.03. The van der Waals surface area contributed by atoms with Gasteiger partial charge in [0.1, 0.15) is 0 Å². The molecule has 0 radical (unpaired) electrons. The van der Waals surface area contributed by atoms with Crippen molar-refractivity contribution in [3.8, 4) is 0 Å². The molecule has 0 spiro atoms. The Labute approximate surface area is 74.0 Å². The summed E-state index contributed by atoms with van der Waals surface area (Å²) in [6.45, 7) is 4.23. The van der Waals surface area contributed by atoms with Crippen molar-refractivity contribution in [2.24, 2.45) is 0 Å². The van der Waals surface area contributed by atoms with Gasteiger partial charge in [0.2, 0.25) is 0 Å². The highest BCUT2D eigenvalue weighted by Gasteiger charge is 2.20. The van der Waals surface area contributed by atoms with E-state index in [4.69, 9.17) is 0 Å². The van der Waals surface area contributed by atoms with Gasteiger partial charge in [-0.2, -0.15) is 0 Å². The number of sulfone groups is 1. The maximum atomic E-state index is 11.0. The standard InChI is InChI=1S/C8H15NO2S/c1-2-3-4-9-5-7-12(10,11)8-6-9/h2-3H,4-8H2,1H3/b3-2+. The van der Waals surface area contributed by atoms with Crippen LogP contribution in [-0.2, 0) is 9.84 Å². The van der Waals surface area contributed by atoms with Crippen LogP contribution in [0.2, 0.25) is 0 Å². The molecule has 0 N–H and O–H groups in total. The molecule has 1 aliphatic rings. The van der Waals surface area contributed by atoms with Gasteiger partial charge in [-0.3, -0.25) is 4.90 Å². The summed E-state index contributed by atoms with van der Waals surface area (Å²) in [5.41, 5.74) is 0. The fourth-order valence-corrected chi connectivity index (χ4v) is 2.46. The molecule has 1 rings (SSSR count). The number of rotatable bonds is 2. The van der Waals surface area contributed by atoms with Crippen LogP contribution in [0.4, 0.5) is 0 Å². The minimum atomic E-state index is -2.71. The Balaban J connectivity index is 2.36. The number of hydrogen-bond acceptors (Lipinski definition) is 3. The van der Waals surface area contributed by atoms with Gasteiger partial charge in [-0.05, 0) is 6.92 Å². The van der Waals surface area contributed by atoms with Crippen molar-refractivity contribution >= 4 is 9.84 Å². The maximum Gasteiger partial charge on any atom is 0.152 e. The van der Waals surface area contributed by atoms with Crippen molar-refractivity contribution in [1.29, 1.82) is 0 Å². The predicted octanol–water partition coefficient (Wildman–Crippen LogP) is 0.293. The van der Waals surface area contributed by atoms with Gasteiger partial charge in [0.15, 0.2) is 9.84 Å². The van der Waals surface area contributed by atoms with E-state index in [0.29, 0.717) is 24.6 Å². The summed E-state index contributed by atoms with van der Waals surface area (Å²) in [5.74, 6) is 0.648. The Hall–Kier alpha value is -0.350. The molecule has 0 atom stereocenters. The lowest BCUT2D eigenvalue weighted by Crippen LogP contribution is -2.40. The molecular formula is C8H15NO2S. The topological polar surface area (TPSA) is 37.4 Å². The van der Waals surface area contributed by atoms with Gasteiger partial charge in [-0.15, -0.1) is 0 Å². The van der Waals surface area contributed by atoms with Crippen molar-refractivity contribution in [3.05, 3.63) is 12.2 Å². The summed E-state index contributed by atoms with van der Waals surface area (Å²) >= 11 is 0. The highest BCUT2D eigenvalue weighted by Crippen LogP contribution is 2.02. The minimum Gasteiger partial charge on any atom is -0.298 e. The van der Waals surface area contributed by atoms with E-state index in [9.17, 15) is 8.42 Å². The van der Waals surface area contributed by atoms with Crippen molar-refractivity contribution in [3.63, 3.8) is 0 Å². The van der Waals surface area contributed by atoms with Crippen LogP contribution in [0.5, 0.6) is 0 Å². The predicted molar refractivity (Wildman–Crippen MR) is 49.9 cm³/mol. The fraction of sp³-hybridized carbons (Fsp3) is 0.750. The molecule has 0 unspecified atom stereocenters. The zero-order valence-electron chi connectivity index (χ0n) is 7.36. The van der Waals surface area contributed by atoms with Gasteiger partial charge >= 0.3 is 0 Å². The van der Waals surface area contributed by atoms with Crippen LogP contribution < -0.4 is 0 Å². The summed E-state index contributed by atoms with van der Waals surface area (Å²) in [6, 6.07) is 0. The second kappa shape index (κ2) is 4.05. The van der Waals surface area contributed by atoms with E-state index in [1.807, 2.05) is 13.0 Å². The Morgan fingerprint density at radius 1 is 1.33 bits per heavy atom. The molecule has 1 heterocycles. The van der Waals surface area contributed by atoms with E-state index >= 15 is 0 Å². The zero-order valence-corrected chi connectivity index (χ0v) is 8.18. The lowest BCUT2D eigenvalue weighted by atomic mass is 10.4. The summed E-state index contributed by atoms with van der Waals surface area (Å²) < 4.78 is 22.1. The lowest BCUT2D eigenvalue weighted by molar-refractivity contribution is 0.327. The molecule has 0 aliphatic carbocycles. The van der Waals surface area contributed by atoms with Gasteiger partial charge in [0, 0.05) is 19.6 Å². The molecule has 0 aromatic heterocycles. The second-order valence-corrected chi connectivity index (χ2v) is 5.33. The number of nitrogens with zero attached hydrogens (tertiary/aromatic N) is 1. The molecule has 0 amide bonds. The van der Waals surface area contributed by atoms with Crippen LogP contribution in [0.25, 0.3) is 0 Å². The van der Waals surface area contributed by atoms with E-state index in [2.05, 4.69) is 11.0 Å². The largest absolute Gasteiger partial charge is 0.298 e. The SMILES string of the molecule is C/C=C/CN1CCS(=O)(=O)CC1. The third-order valence-electron chi connectivity index (χ3n) is 2.04. The van der Waals surface area contributed by atoms with E-state index in [0.717, 1.165) is 6.54 Å². The minimum absolute atomic E-state index is 0.324. The average molecular weight is 189 g/mol. The first-order valence-corrected chi connectivity index (χ1v) is 6.00. The van der Waals surface area contributed by atoms with Gasteiger partial charge in [-0.1, -0.05) is 12.2 Å². The van der Waals surface area contributed by atoms with Gasteiger partial charge in [-0.25, -0.2) is 8.42 Å². The Bertz CT molecular complexity index is 242. The normalized spacial score (nSPS) is 24.8. The van der Waals surface area contributed by atoms with E-state index in [1.54, 1.807) is 0 Å². The first-order chi connectivity index (χ1) is 5.64. The molecule has 1 saturated heterocycles. The van der Waals surface area contributed by atoms with Gasteiger partial charge in [0.25, 0.3) is 0 Å². The quantitative estimate of drug-likeness (QED) is 0.586. The van der Waals surface area contributed by atoms with Crippen LogP contribution in [0.15, 0.2) is 12.2 Å². The Kier molecular flexibility index (Phi) is 3.29. The van der Waals surface area contributed by atoms with Crippen molar-refractivity contribution < 1.29 is 8.42 Å². The van der Waals surface area contributed by atoms with Crippen molar-refractivity contribution in [2.45, 2.75) is 6.92 Å². The summed E-state index contributed by atoms with van der Waals surface area (Å²) in [4.78, 5) is 2.15. The molecule has 12 heavy (non-hydrogen) atoms. The molecule has 0 aromatic carbocycles. The number of hydrogen-bond donors (Lipinski definition) is 0. The smallest absolute Gasteiger partial charge is 0.152 e.